The van der Waals surface area contributed by atoms with Crippen LogP contribution in [0.2, 0.25) is 0 Å². The van der Waals surface area contributed by atoms with Gasteiger partial charge in [0.2, 0.25) is 5.91 Å². The van der Waals surface area contributed by atoms with Gasteiger partial charge in [0.05, 0.1) is 11.9 Å². The average Bonchev–Trinajstić information content (AvgIpc) is 2.68. The molecule has 0 atom stereocenters. The first-order chi connectivity index (χ1) is 11.0. The SMILES string of the molecule is Cc1c(CC(=O)N(C)O)c2ccc(Br)cc2n1C(=O)OC(C)(C)C. The van der Waals surface area contributed by atoms with Crippen molar-refractivity contribution in [2.45, 2.75) is 39.7 Å². The molecular formula is C17H21BrN2O4. The Morgan fingerprint density at radius 1 is 1.33 bits per heavy atom. The molecule has 1 heterocycles. The van der Waals surface area contributed by atoms with E-state index in [2.05, 4.69) is 15.9 Å². The third-order valence-corrected chi connectivity index (χ3v) is 4.06. The van der Waals surface area contributed by atoms with Gasteiger partial charge in [-0.05, 0) is 45.4 Å². The normalized spacial score (nSPS) is 11.6. The first kappa shape index (κ1) is 18.5. The van der Waals surface area contributed by atoms with Gasteiger partial charge in [-0.2, -0.15) is 0 Å². The van der Waals surface area contributed by atoms with E-state index >= 15 is 0 Å². The van der Waals surface area contributed by atoms with Crippen molar-refractivity contribution >= 4 is 38.8 Å². The number of carbonyl (C=O) groups is 2. The molecule has 1 amide bonds. The highest BCUT2D eigenvalue weighted by Gasteiger charge is 2.25. The number of rotatable bonds is 2. The van der Waals surface area contributed by atoms with Crippen LogP contribution < -0.4 is 0 Å². The molecule has 0 saturated carbocycles. The lowest BCUT2D eigenvalue weighted by molar-refractivity contribution is -0.158. The predicted octanol–water partition coefficient (Wildman–Crippen LogP) is 3.89. The molecule has 0 saturated heterocycles. The summed E-state index contributed by atoms with van der Waals surface area (Å²) in [6, 6.07) is 5.49. The maximum atomic E-state index is 12.6. The molecule has 2 aromatic rings. The Balaban J connectivity index is 2.62. The number of hydrogen-bond donors (Lipinski definition) is 1. The number of carbonyl (C=O) groups excluding carboxylic acids is 2. The summed E-state index contributed by atoms with van der Waals surface area (Å²) < 4.78 is 7.76. The molecule has 0 unspecified atom stereocenters. The van der Waals surface area contributed by atoms with Gasteiger partial charge in [0.15, 0.2) is 0 Å². The van der Waals surface area contributed by atoms with E-state index < -0.39 is 17.6 Å². The second-order valence-electron chi connectivity index (χ2n) is 6.64. The van der Waals surface area contributed by atoms with Gasteiger partial charge in [-0.3, -0.25) is 10.0 Å². The van der Waals surface area contributed by atoms with Crippen LogP contribution in [-0.2, 0) is 16.0 Å². The van der Waals surface area contributed by atoms with Gasteiger partial charge in [-0.15, -0.1) is 0 Å². The predicted molar refractivity (Wildman–Crippen MR) is 94.3 cm³/mol. The van der Waals surface area contributed by atoms with Crippen molar-refractivity contribution in [2.24, 2.45) is 0 Å². The summed E-state index contributed by atoms with van der Waals surface area (Å²) >= 11 is 3.40. The topological polar surface area (TPSA) is 71.8 Å². The molecule has 24 heavy (non-hydrogen) atoms. The van der Waals surface area contributed by atoms with Crippen molar-refractivity contribution < 1.29 is 19.5 Å². The van der Waals surface area contributed by atoms with E-state index in [-0.39, 0.29) is 6.42 Å². The van der Waals surface area contributed by atoms with E-state index in [4.69, 9.17) is 4.74 Å². The lowest BCUT2D eigenvalue weighted by Crippen LogP contribution is -2.28. The summed E-state index contributed by atoms with van der Waals surface area (Å²) in [7, 11) is 1.28. The fourth-order valence-electron chi connectivity index (χ4n) is 2.49. The van der Waals surface area contributed by atoms with Crippen LogP contribution >= 0.6 is 15.9 Å². The van der Waals surface area contributed by atoms with Crippen LogP contribution in [0.3, 0.4) is 0 Å². The zero-order valence-electron chi connectivity index (χ0n) is 14.4. The van der Waals surface area contributed by atoms with E-state index in [0.717, 1.165) is 9.86 Å². The van der Waals surface area contributed by atoms with Crippen LogP contribution in [-0.4, -0.2) is 39.5 Å². The van der Waals surface area contributed by atoms with Gasteiger partial charge in [-0.1, -0.05) is 22.0 Å². The second-order valence-corrected chi connectivity index (χ2v) is 7.55. The largest absolute Gasteiger partial charge is 0.443 e. The highest BCUT2D eigenvalue weighted by atomic mass is 79.9. The average molecular weight is 397 g/mol. The number of fused-ring (bicyclic) bond motifs is 1. The van der Waals surface area contributed by atoms with E-state index in [9.17, 15) is 14.8 Å². The smallest absolute Gasteiger partial charge is 0.419 e. The lowest BCUT2D eigenvalue weighted by Gasteiger charge is -2.20. The van der Waals surface area contributed by atoms with Crippen LogP contribution in [0.5, 0.6) is 0 Å². The number of ether oxygens (including phenoxy) is 1. The van der Waals surface area contributed by atoms with Crippen molar-refractivity contribution in [3.05, 3.63) is 33.9 Å². The first-order valence-corrected chi connectivity index (χ1v) is 8.29. The molecule has 0 bridgehead atoms. The van der Waals surface area contributed by atoms with E-state index in [1.54, 1.807) is 27.7 Å². The van der Waals surface area contributed by atoms with Crippen LogP contribution in [0.25, 0.3) is 10.9 Å². The molecular weight excluding hydrogens is 376 g/mol. The Bertz CT molecular complexity index is 803. The summed E-state index contributed by atoms with van der Waals surface area (Å²) in [5, 5.41) is 10.7. The number of aromatic nitrogens is 1. The van der Waals surface area contributed by atoms with Gasteiger partial charge in [0.25, 0.3) is 0 Å². The number of benzene rings is 1. The molecule has 1 aromatic carbocycles. The van der Waals surface area contributed by atoms with Crippen molar-refractivity contribution in [1.82, 2.24) is 9.63 Å². The fourth-order valence-corrected chi connectivity index (χ4v) is 2.84. The highest BCUT2D eigenvalue weighted by molar-refractivity contribution is 9.10. The molecule has 1 N–H and O–H groups in total. The second kappa shape index (κ2) is 6.57. The third kappa shape index (κ3) is 3.79. The molecule has 2 rings (SSSR count). The molecule has 0 aliphatic rings. The molecule has 0 spiro atoms. The van der Waals surface area contributed by atoms with Gasteiger partial charge >= 0.3 is 6.09 Å². The number of hydroxylamine groups is 2. The summed E-state index contributed by atoms with van der Waals surface area (Å²) in [4.78, 5) is 24.5. The molecule has 7 heteroatoms. The summed E-state index contributed by atoms with van der Waals surface area (Å²) in [6.45, 7) is 7.16. The maximum Gasteiger partial charge on any atom is 0.419 e. The summed E-state index contributed by atoms with van der Waals surface area (Å²) in [6.07, 6.45) is -0.508. The molecule has 130 valence electrons. The van der Waals surface area contributed by atoms with E-state index in [1.165, 1.54) is 11.6 Å². The first-order valence-electron chi connectivity index (χ1n) is 7.49. The number of nitrogens with zero attached hydrogens (tertiary/aromatic N) is 2. The third-order valence-electron chi connectivity index (χ3n) is 3.56. The van der Waals surface area contributed by atoms with Gasteiger partial charge in [0.1, 0.15) is 5.60 Å². The van der Waals surface area contributed by atoms with Crippen LogP contribution in [0.1, 0.15) is 32.0 Å². The van der Waals surface area contributed by atoms with Crippen molar-refractivity contribution in [3.63, 3.8) is 0 Å². The van der Waals surface area contributed by atoms with Crippen LogP contribution in [0, 0.1) is 6.92 Å². The number of amides is 1. The molecule has 6 nitrogen and oxygen atoms in total. The fraction of sp³-hybridized carbons (Fsp3) is 0.412. The van der Waals surface area contributed by atoms with Crippen molar-refractivity contribution in [1.29, 1.82) is 0 Å². The van der Waals surface area contributed by atoms with E-state index in [1.807, 2.05) is 18.2 Å². The summed E-state index contributed by atoms with van der Waals surface area (Å²) in [5.74, 6) is -0.454. The minimum atomic E-state index is -0.632. The molecule has 0 aliphatic heterocycles. The van der Waals surface area contributed by atoms with E-state index in [0.29, 0.717) is 21.8 Å². The van der Waals surface area contributed by atoms with Crippen LogP contribution in [0.4, 0.5) is 4.79 Å². The minimum absolute atomic E-state index is 0.00718. The van der Waals surface area contributed by atoms with Gasteiger partial charge < -0.3 is 4.74 Å². The maximum absolute atomic E-state index is 12.6. The highest BCUT2D eigenvalue weighted by Crippen LogP contribution is 2.30. The number of likely N-dealkylation sites (N-methyl/N-ethyl adjacent to an activating group) is 1. The van der Waals surface area contributed by atoms with Gasteiger partial charge in [0, 0.05) is 22.6 Å². The molecule has 0 aliphatic carbocycles. The molecule has 1 aromatic heterocycles. The van der Waals surface area contributed by atoms with Crippen molar-refractivity contribution in [2.75, 3.05) is 7.05 Å². The van der Waals surface area contributed by atoms with Gasteiger partial charge in [-0.25, -0.2) is 14.4 Å². The van der Waals surface area contributed by atoms with Crippen molar-refractivity contribution in [3.8, 4) is 0 Å². The zero-order valence-corrected chi connectivity index (χ0v) is 16.0. The van der Waals surface area contributed by atoms with Crippen LogP contribution in [0.15, 0.2) is 22.7 Å². The Labute approximate surface area is 149 Å². The Morgan fingerprint density at radius 2 is 1.96 bits per heavy atom. The Kier molecular flexibility index (Phi) is 5.05. The lowest BCUT2D eigenvalue weighted by atomic mass is 10.1. The Hall–Kier alpha value is -1.86. The minimum Gasteiger partial charge on any atom is -0.443 e. The molecule has 0 radical (unpaired) electrons. The number of halogens is 1. The summed E-state index contributed by atoms with van der Waals surface area (Å²) in [5.41, 5.74) is 1.33. The quantitative estimate of drug-likeness (QED) is 0.617. The Morgan fingerprint density at radius 3 is 2.50 bits per heavy atom. The zero-order chi connectivity index (χ0) is 18.2. The standard InChI is InChI=1S/C17H21BrN2O4/c1-10-13(9-15(21)19(5)23)12-7-6-11(18)8-14(12)20(10)16(22)24-17(2,3)4/h6-8,23H,9H2,1-5H3. The number of hydrogen-bond acceptors (Lipinski definition) is 4. The monoisotopic (exact) mass is 396 g/mol. The molecule has 0 fully saturated rings.